The van der Waals surface area contributed by atoms with Crippen molar-refractivity contribution in [3.8, 4) is 0 Å². The Bertz CT molecular complexity index is 1210. The molecule has 0 fully saturated rings. The van der Waals surface area contributed by atoms with Crippen LogP contribution < -0.4 is 10.2 Å². The van der Waals surface area contributed by atoms with Gasteiger partial charge in [-0.05, 0) is 24.1 Å². The molecule has 0 spiro atoms. The first kappa shape index (κ1) is 16.9. The number of hydrogen-bond acceptors (Lipinski definition) is 3. The number of hydrogen-bond donors (Lipinski definition) is 2. The minimum absolute atomic E-state index is 0.0708. The van der Waals surface area contributed by atoms with Crippen molar-refractivity contribution in [3.05, 3.63) is 71.0 Å². The minimum Gasteiger partial charge on any atom is -0.369 e. The molecular formula is C24H23N3O2. The lowest BCUT2D eigenvalue weighted by Crippen LogP contribution is -2.34. The van der Waals surface area contributed by atoms with E-state index in [1.165, 1.54) is 16.8 Å². The lowest BCUT2D eigenvalue weighted by molar-refractivity contribution is -0.118. The molecule has 2 aromatic carbocycles. The topological polar surface area (TPSA) is 57.5 Å². The van der Waals surface area contributed by atoms with Gasteiger partial charge in [-0.25, -0.2) is 0 Å². The standard InChI is InChI=1S/C24H23N3O2/c1-2-3-12-26-17-11-7-5-9-15(17)19-20-22(24(29)25-23(20)28)27-16-10-6-4-8-14(16)13-18(27)21(19)26/h4-11,18,23,28H,2-3,12-13H2,1H3,(H,25,29). The third-order valence-electron chi connectivity index (χ3n) is 6.56. The molecule has 0 aliphatic carbocycles. The van der Waals surface area contributed by atoms with E-state index in [-0.39, 0.29) is 11.9 Å². The number of para-hydroxylation sites is 2. The van der Waals surface area contributed by atoms with Crippen molar-refractivity contribution in [3.63, 3.8) is 0 Å². The highest BCUT2D eigenvalue weighted by molar-refractivity contribution is 6.14. The Labute approximate surface area is 169 Å². The average Bonchev–Trinajstić information content (AvgIpc) is 3.36. The van der Waals surface area contributed by atoms with Crippen molar-refractivity contribution in [2.75, 3.05) is 4.90 Å². The number of nitrogens with one attached hydrogen (secondary N) is 1. The maximum atomic E-state index is 12.9. The van der Waals surface area contributed by atoms with Crippen molar-refractivity contribution < 1.29 is 9.90 Å². The van der Waals surface area contributed by atoms with Gasteiger partial charge in [-0.15, -0.1) is 0 Å². The molecule has 4 heterocycles. The van der Waals surface area contributed by atoms with E-state index in [2.05, 4.69) is 58.1 Å². The smallest absolute Gasteiger partial charge is 0.270 e. The van der Waals surface area contributed by atoms with E-state index < -0.39 is 6.23 Å². The summed E-state index contributed by atoms with van der Waals surface area (Å²) in [5, 5.41) is 14.7. The maximum absolute atomic E-state index is 12.9. The van der Waals surface area contributed by atoms with Crippen LogP contribution in [0, 0.1) is 0 Å². The van der Waals surface area contributed by atoms with Crippen LogP contribution in [0.5, 0.6) is 0 Å². The molecule has 3 aliphatic heterocycles. The van der Waals surface area contributed by atoms with Crippen molar-refractivity contribution in [2.45, 2.75) is 45.0 Å². The summed E-state index contributed by atoms with van der Waals surface area (Å²) in [7, 11) is 0. The number of nitrogens with zero attached hydrogens (tertiary/aromatic N) is 2. The number of aliphatic hydroxyl groups is 1. The summed E-state index contributed by atoms with van der Waals surface area (Å²) in [5.41, 5.74) is 7.12. The first-order valence-corrected chi connectivity index (χ1v) is 10.4. The number of anilines is 1. The zero-order chi connectivity index (χ0) is 19.7. The molecule has 0 saturated carbocycles. The fraction of sp³-hybridized carbons (Fsp3) is 0.292. The van der Waals surface area contributed by atoms with Gasteiger partial charge in [0.25, 0.3) is 5.91 Å². The fourth-order valence-electron chi connectivity index (χ4n) is 5.40. The van der Waals surface area contributed by atoms with Gasteiger partial charge in [0.15, 0.2) is 6.23 Å². The monoisotopic (exact) mass is 385 g/mol. The van der Waals surface area contributed by atoms with Gasteiger partial charge in [-0.1, -0.05) is 49.7 Å². The highest BCUT2D eigenvalue weighted by atomic mass is 16.3. The molecule has 6 rings (SSSR count). The van der Waals surface area contributed by atoms with E-state index >= 15 is 0 Å². The molecule has 0 saturated heterocycles. The van der Waals surface area contributed by atoms with Crippen molar-refractivity contribution in [2.24, 2.45) is 0 Å². The Morgan fingerprint density at radius 2 is 1.93 bits per heavy atom. The highest BCUT2D eigenvalue weighted by Gasteiger charge is 2.49. The van der Waals surface area contributed by atoms with Crippen molar-refractivity contribution in [1.29, 1.82) is 0 Å². The maximum Gasteiger partial charge on any atom is 0.270 e. The number of amides is 1. The van der Waals surface area contributed by atoms with Crippen LogP contribution in [0.15, 0.2) is 54.2 Å². The molecule has 2 unspecified atom stereocenters. The van der Waals surface area contributed by atoms with Gasteiger partial charge in [0.2, 0.25) is 0 Å². The van der Waals surface area contributed by atoms with Crippen LogP contribution in [-0.2, 0) is 17.8 Å². The fourth-order valence-corrected chi connectivity index (χ4v) is 5.40. The number of benzene rings is 2. The predicted molar refractivity (Wildman–Crippen MR) is 113 cm³/mol. The lowest BCUT2D eigenvalue weighted by atomic mass is 9.91. The first-order valence-electron chi connectivity index (χ1n) is 10.4. The third kappa shape index (κ3) is 2.11. The normalized spacial score (nSPS) is 21.9. The van der Waals surface area contributed by atoms with E-state index in [1.807, 2.05) is 12.1 Å². The summed E-state index contributed by atoms with van der Waals surface area (Å²) in [6.45, 7) is 3.15. The van der Waals surface area contributed by atoms with Crippen LogP contribution in [0.2, 0.25) is 0 Å². The SMILES string of the molecule is CCCCn1c2c(c3ccccc31)C1=C(C(=O)NC1O)N1c3ccccc3CC21. The second-order valence-corrected chi connectivity index (χ2v) is 8.14. The summed E-state index contributed by atoms with van der Waals surface area (Å²) in [5.74, 6) is -0.190. The van der Waals surface area contributed by atoms with Gasteiger partial charge < -0.3 is 19.9 Å². The van der Waals surface area contributed by atoms with E-state index in [4.69, 9.17) is 0 Å². The quantitative estimate of drug-likeness (QED) is 0.723. The number of aliphatic hydroxyl groups excluding tert-OH is 1. The van der Waals surface area contributed by atoms with Crippen LogP contribution >= 0.6 is 0 Å². The number of carbonyl (C=O) groups is 1. The molecule has 0 radical (unpaired) electrons. The van der Waals surface area contributed by atoms with Gasteiger partial charge in [-0.2, -0.15) is 0 Å². The second-order valence-electron chi connectivity index (χ2n) is 8.14. The Balaban J connectivity index is 1.71. The number of aryl methyl sites for hydroxylation is 1. The van der Waals surface area contributed by atoms with Crippen LogP contribution in [0.25, 0.3) is 16.5 Å². The van der Waals surface area contributed by atoms with E-state index in [9.17, 15) is 9.90 Å². The molecule has 5 nitrogen and oxygen atoms in total. The number of carbonyl (C=O) groups excluding carboxylic acids is 1. The first-order chi connectivity index (χ1) is 14.2. The molecule has 1 amide bonds. The molecule has 2 N–H and O–H groups in total. The Hall–Kier alpha value is -3.05. The number of aromatic nitrogens is 1. The van der Waals surface area contributed by atoms with Crippen LogP contribution in [0.4, 0.5) is 5.69 Å². The summed E-state index contributed by atoms with van der Waals surface area (Å²) in [6, 6.07) is 16.8. The molecule has 3 aromatic rings. The Kier molecular flexibility index (Phi) is 3.47. The van der Waals surface area contributed by atoms with Crippen LogP contribution in [0.1, 0.15) is 42.6 Å². The molecular weight excluding hydrogens is 362 g/mol. The van der Waals surface area contributed by atoms with E-state index in [0.29, 0.717) is 5.70 Å². The number of unbranched alkanes of at least 4 members (excludes halogenated alkanes) is 1. The average molecular weight is 385 g/mol. The molecule has 5 heteroatoms. The van der Waals surface area contributed by atoms with Gasteiger partial charge >= 0.3 is 0 Å². The summed E-state index contributed by atoms with van der Waals surface area (Å²) in [6.07, 6.45) is 2.10. The highest BCUT2D eigenvalue weighted by Crippen LogP contribution is 2.53. The lowest BCUT2D eigenvalue weighted by Gasteiger charge is -2.34. The van der Waals surface area contributed by atoms with Gasteiger partial charge in [-0.3, -0.25) is 4.79 Å². The van der Waals surface area contributed by atoms with Gasteiger partial charge in [0.05, 0.1) is 6.04 Å². The zero-order valence-corrected chi connectivity index (χ0v) is 16.4. The Morgan fingerprint density at radius 3 is 2.79 bits per heavy atom. The Morgan fingerprint density at radius 1 is 1.14 bits per heavy atom. The summed E-state index contributed by atoms with van der Waals surface area (Å²) >= 11 is 0. The summed E-state index contributed by atoms with van der Waals surface area (Å²) < 4.78 is 2.43. The van der Waals surface area contributed by atoms with Crippen molar-refractivity contribution in [1.82, 2.24) is 9.88 Å². The largest absolute Gasteiger partial charge is 0.369 e. The predicted octanol–water partition coefficient (Wildman–Crippen LogP) is 3.72. The van der Waals surface area contributed by atoms with Crippen LogP contribution in [-0.4, -0.2) is 21.8 Å². The molecule has 146 valence electrons. The van der Waals surface area contributed by atoms with Gasteiger partial charge in [0.1, 0.15) is 5.70 Å². The molecule has 3 aliphatic rings. The molecule has 2 atom stereocenters. The van der Waals surface area contributed by atoms with Gasteiger partial charge in [0, 0.05) is 46.4 Å². The number of rotatable bonds is 3. The zero-order valence-electron chi connectivity index (χ0n) is 16.4. The minimum atomic E-state index is -0.976. The van der Waals surface area contributed by atoms with Crippen LogP contribution in [0.3, 0.4) is 0 Å². The molecule has 29 heavy (non-hydrogen) atoms. The van der Waals surface area contributed by atoms with E-state index in [1.54, 1.807) is 0 Å². The summed E-state index contributed by atoms with van der Waals surface area (Å²) in [4.78, 5) is 15.1. The second kappa shape index (κ2) is 5.97. The van der Waals surface area contributed by atoms with E-state index in [0.717, 1.165) is 48.0 Å². The number of fused-ring (bicyclic) bond motifs is 9. The molecule has 0 bridgehead atoms. The van der Waals surface area contributed by atoms with Crippen molar-refractivity contribution >= 4 is 28.1 Å². The molecule has 1 aromatic heterocycles. The third-order valence-corrected chi connectivity index (χ3v) is 6.56.